The van der Waals surface area contributed by atoms with Gasteiger partial charge in [0, 0.05) is 5.33 Å². The Labute approximate surface area is 114 Å². The number of ether oxygens (including phenoxy) is 1. The largest absolute Gasteiger partial charge is 0.454 e. The lowest BCUT2D eigenvalue weighted by atomic mass is 10.2. The van der Waals surface area contributed by atoms with Gasteiger partial charge < -0.3 is 9.72 Å². The molecule has 2 aromatic rings. The Balaban J connectivity index is 2.39. The summed E-state index contributed by atoms with van der Waals surface area (Å²) in [6.45, 7) is 5.49. The molecule has 0 saturated carbocycles. The number of imidazole rings is 1. The van der Waals surface area contributed by atoms with Gasteiger partial charge in [-0.15, -0.1) is 0 Å². The molecule has 0 bridgehead atoms. The van der Waals surface area contributed by atoms with Gasteiger partial charge in [-0.05, 0) is 32.4 Å². The summed E-state index contributed by atoms with van der Waals surface area (Å²) in [7, 11) is 0. The number of halogens is 1. The Morgan fingerprint density at radius 3 is 2.78 bits per heavy atom. The predicted molar refractivity (Wildman–Crippen MR) is 73.9 cm³/mol. The molecule has 1 aromatic heterocycles. The van der Waals surface area contributed by atoms with Gasteiger partial charge in [0.25, 0.3) is 0 Å². The van der Waals surface area contributed by atoms with Crippen molar-refractivity contribution in [3.63, 3.8) is 0 Å². The van der Waals surface area contributed by atoms with Gasteiger partial charge in [-0.2, -0.15) is 0 Å². The molecule has 0 unspecified atom stereocenters. The first kappa shape index (κ1) is 13.1. The molecule has 18 heavy (non-hydrogen) atoms. The minimum Gasteiger partial charge on any atom is -0.454 e. The number of rotatable bonds is 2. The highest BCUT2D eigenvalue weighted by Crippen LogP contribution is 2.20. The normalized spacial score (nSPS) is 11.8. The van der Waals surface area contributed by atoms with E-state index in [1.165, 1.54) is 0 Å². The monoisotopic (exact) mass is 310 g/mol. The maximum Gasteiger partial charge on any atom is 0.374 e. The van der Waals surface area contributed by atoms with Crippen molar-refractivity contribution in [2.45, 2.75) is 31.7 Å². The van der Waals surface area contributed by atoms with Crippen LogP contribution >= 0.6 is 15.9 Å². The Hall–Kier alpha value is -1.36. The summed E-state index contributed by atoms with van der Waals surface area (Å²) in [5.74, 6) is -0.187. The van der Waals surface area contributed by atoms with Crippen LogP contribution in [-0.4, -0.2) is 21.5 Å². The fourth-order valence-corrected chi connectivity index (χ4v) is 2.07. The Kier molecular flexibility index (Phi) is 3.43. The number of carbonyl (C=O) groups is 1. The van der Waals surface area contributed by atoms with E-state index in [1.54, 1.807) is 0 Å². The lowest BCUT2D eigenvalue weighted by molar-refractivity contribution is 0.00572. The van der Waals surface area contributed by atoms with Gasteiger partial charge >= 0.3 is 5.97 Å². The third-order valence-corrected chi connectivity index (χ3v) is 2.94. The summed E-state index contributed by atoms with van der Waals surface area (Å²) in [4.78, 5) is 19.2. The zero-order chi connectivity index (χ0) is 13.3. The first-order valence-electron chi connectivity index (χ1n) is 5.67. The van der Waals surface area contributed by atoms with Crippen LogP contribution in [0.3, 0.4) is 0 Å². The maximum absolute atomic E-state index is 11.9. The van der Waals surface area contributed by atoms with Crippen molar-refractivity contribution < 1.29 is 9.53 Å². The predicted octanol–water partition coefficient (Wildman–Crippen LogP) is 3.41. The number of carbonyl (C=O) groups excluding carboxylic acids is 1. The molecule has 1 N–H and O–H groups in total. The molecule has 1 heterocycles. The molecule has 4 nitrogen and oxygen atoms in total. The van der Waals surface area contributed by atoms with Gasteiger partial charge in [-0.25, -0.2) is 9.78 Å². The molecule has 0 aliphatic heterocycles. The number of esters is 1. The van der Waals surface area contributed by atoms with E-state index in [1.807, 2.05) is 39.0 Å². The van der Waals surface area contributed by atoms with Gasteiger partial charge in [0.2, 0.25) is 5.82 Å². The molecule has 0 saturated heterocycles. The minimum atomic E-state index is -0.520. The molecule has 0 radical (unpaired) electrons. The number of H-pyrrole nitrogens is 1. The number of hydrogen-bond acceptors (Lipinski definition) is 3. The summed E-state index contributed by atoms with van der Waals surface area (Å²) in [5, 5.41) is 0.697. The standard InChI is InChI=1S/C13H15BrN2O2/c1-13(2,3)18-12(17)11-15-9-6-4-5-8(7-14)10(9)16-11/h4-6H,7H2,1-3H3,(H,15,16). The molecule has 2 rings (SSSR count). The summed E-state index contributed by atoms with van der Waals surface area (Å²) in [6, 6.07) is 5.79. The van der Waals surface area contributed by atoms with Crippen molar-refractivity contribution in [1.29, 1.82) is 0 Å². The molecular formula is C13H15BrN2O2. The first-order valence-corrected chi connectivity index (χ1v) is 6.80. The molecule has 0 atom stereocenters. The molecule has 1 aromatic carbocycles. The molecule has 0 aliphatic carbocycles. The zero-order valence-corrected chi connectivity index (χ0v) is 12.2. The number of nitrogens with one attached hydrogen (secondary N) is 1. The highest BCUT2D eigenvalue weighted by atomic mass is 79.9. The molecule has 0 amide bonds. The van der Waals surface area contributed by atoms with E-state index in [9.17, 15) is 4.79 Å². The van der Waals surface area contributed by atoms with E-state index in [0.29, 0.717) is 5.33 Å². The van der Waals surface area contributed by atoms with Crippen LogP contribution in [0.2, 0.25) is 0 Å². The van der Waals surface area contributed by atoms with Gasteiger partial charge in [0.1, 0.15) is 5.60 Å². The number of alkyl halides is 1. The second-order valence-electron chi connectivity index (χ2n) is 5.03. The van der Waals surface area contributed by atoms with Crippen molar-refractivity contribution in [3.8, 4) is 0 Å². The van der Waals surface area contributed by atoms with Crippen LogP contribution in [0.25, 0.3) is 11.0 Å². The Morgan fingerprint density at radius 2 is 2.17 bits per heavy atom. The minimum absolute atomic E-state index is 0.244. The summed E-state index contributed by atoms with van der Waals surface area (Å²) >= 11 is 3.40. The van der Waals surface area contributed by atoms with Crippen LogP contribution < -0.4 is 0 Å². The Bertz CT molecular complexity index is 584. The van der Waals surface area contributed by atoms with Crippen LogP contribution in [0, 0.1) is 0 Å². The number of aromatic amines is 1. The fourth-order valence-electron chi connectivity index (χ4n) is 1.62. The van der Waals surface area contributed by atoms with Crippen LogP contribution in [0.1, 0.15) is 37.0 Å². The van der Waals surface area contributed by atoms with E-state index in [-0.39, 0.29) is 5.82 Å². The maximum atomic E-state index is 11.9. The van der Waals surface area contributed by atoms with Crippen molar-refractivity contribution in [2.24, 2.45) is 0 Å². The quantitative estimate of drug-likeness (QED) is 0.683. The summed E-state index contributed by atoms with van der Waals surface area (Å²) < 4.78 is 5.28. The number of para-hydroxylation sites is 1. The number of hydrogen-bond donors (Lipinski definition) is 1. The number of benzene rings is 1. The number of nitrogens with zero attached hydrogens (tertiary/aromatic N) is 1. The fraction of sp³-hybridized carbons (Fsp3) is 0.385. The number of fused-ring (bicyclic) bond motifs is 1. The van der Waals surface area contributed by atoms with Crippen LogP contribution in [0.15, 0.2) is 18.2 Å². The van der Waals surface area contributed by atoms with Crippen LogP contribution in [-0.2, 0) is 10.1 Å². The van der Waals surface area contributed by atoms with E-state index in [4.69, 9.17) is 4.74 Å². The average Bonchev–Trinajstić information content (AvgIpc) is 2.70. The van der Waals surface area contributed by atoms with Crippen LogP contribution in [0.5, 0.6) is 0 Å². The average molecular weight is 311 g/mol. The molecular weight excluding hydrogens is 296 g/mol. The smallest absolute Gasteiger partial charge is 0.374 e. The first-order chi connectivity index (χ1) is 8.40. The highest BCUT2D eigenvalue weighted by Gasteiger charge is 2.21. The lowest BCUT2D eigenvalue weighted by Crippen LogP contribution is -2.24. The molecule has 96 valence electrons. The second kappa shape index (κ2) is 4.72. The van der Waals surface area contributed by atoms with E-state index in [2.05, 4.69) is 25.9 Å². The van der Waals surface area contributed by atoms with Crippen molar-refractivity contribution >= 4 is 32.9 Å². The topological polar surface area (TPSA) is 55.0 Å². The van der Waals surface area contributed by atoms with Crippen molar-refractivity contribution in [1.82, 2.24) is 9.97 Å². The van der Waals surface area contributed by atoms with Crippen molar-refractivity contribution in [2.75, 3.05) is 0 Å². The SMILES string of the molecule is CC(C)(C)OC(=O)c1nc2c(CBr)cccc2[nH]1. The van der Waals surface area contributed by atoms with Gasteiger partial charge in [-0.1, -0.05) is 28.1 Å². The van der Waals surface area contributed by atoms with Gasteiger partial charge in [-0.3, -0.25) is 0 Å². The van der Waals surface area contributed by atoms with Crippen LogP contribution in [0.4, 0.5) is 0 Å². The number of aromatic nitrogens is 2. The van der Waals surface area contributed by atoms with E-state index in [0.717, 1.165) is 16.6 Å². The summed E-state index contributed by atoms with van der Waals surface area (Å²) in [5.41, 5.74) is 2.16. The molecule has 0 fully saturated rings. The molecule has 0 aliphatic rings. The third kappa shape index (κ3) is 2.72. The zero-order valence-electron chi connectivity index (χ0n) is 10.6. The molecule has 5 heteroatoms. The van der Waals surface area contributed by atoms with Crippen molar-refractivity contribution in [3.05, 3.63) is 29.6 Å². The second-order valence-corrected chi connectivity index (χ2v) is 5.59. The lowest BCUT2D eigenvalue weighted by Gasteiger charge is -2.18. The van der Waals surface area contributed by atoms with E-state index < -0.39 is 11.6 Å². The highest BCUT2D eigenvalue weighted by molar-refractivity contribution is 9.08. The molecule has 0 spiro atoms. The summed E-state index contributed by atoms with van der Waals surface area (Å²) in [6.07, 6.45) is 0. The van der Waals surface area contributed by atoms with Gasteiger partial charge in [0.15, 0.2) is 0 Å². The Morgan fingerprint density at radius 1 is 1.44 bits per heavy atom. The third-order valence-electron chi connectivity index (χ3n) is 2.33. The van der Waals surface area contributed by atoms with E-state index >= 15 is 0 Å². The van der Waals surface area contributed by atoms with Gasteiger partial charge in [0.05, 0.1) is 11.0 Å².